The van der Waals surface area contributed by atoms with Crippen molar-refractivity contribution in [3.05, 3.63) is 0 Å². The highest BCUT2D eigenvalue weighted by Gasteiger charge is 2.19. The molecule has 0 bridgehead atoms. The van der Waals surface area contributed by atoms with Gasteiger partial charge in [0.1, 0.15) is 7.85 Å². The van der Waals surface area contributed by atoms with Gasteiger partial charge in [0.2, 0.25) is 0 Å². The number of rotatable bonds is 5. The molecule has 11 heavy (non-hydrogen) atoms. The van der Waals surface area contributed by atoms with Crippen molar-refractivity contribution < 1.29 is 4.74 Å². The third-order valence-corrected chi connectivity index (χ3v) is 2.35. The lowest BCUT2D eigenvalue weighted by Crippen LogP contribution is -2.27. The van der Waals surface area contributed by atoms with Gasteiger partial charge in [-0.05, 0) is 20.3 Å². The molecule has 0 aromatic rings. The molecule has 2 radical (unpaired) electrons. The summed E-state index contributed by atoms with van der Waals surface area (Å²) >= 11 is 5.95. The zero-order valence-electron chi connectivity index (χ0n) is 7.51. The second-order valence-corrected chi connectivity index (χ2v) is 3.48. The fourth-order valence-electron chi connectivity index (χ4n) is 1.31. The molecule has 0 heterocycles. The van der Waals surface area contributed by atoms with E-state index in [1.807, 2.05) is 13.8 Å². The van der Waals surface area contributed by atoms with Crippen LogP contribution in [0.25, 0.3) is 0 Å². The number of hydrogen-bond donors (Lipinski definition) is 0. The van der Waals surface area contributed by atoms with Crippen LogP contribution in [0, 0.1) is 5.92 Å². The first-order valence-corrected chi connectivity index (χ1v) is 4.52. The number of hydrogen-bond acceptors (Lipinski definition) is 1. The highest BCUT2D eigenvalue weighted by Crippen LogP contribution is 2.20. The van der Waals surface area contributed by atoms with Crippen molar-refractivity contribution in [3.8, 4) is 0 Å². The zero-order chi connectivity index (χ0) is 8.85. The Morgan fingerprint density at radius 3 is 2.27 bits per heavy atom. The van der Waals surface area contributed by atoms with Crippen LogP contribution in [0.4, 0.5) is 0 Å². The van der Waals surface area contributed by atoms with E-state index in [0.29, 0.717) is 5.92 Å². The van der Waals surface area contributed by atoms with Gasteiger partial charge in [-0.3, -0.25) is 0 Å². The molecule has 0 fully saturated rings. The third-order valence-electron chi connectivity index (χ3n) is 2.02. The minimum absolute atomic E-state index is 0.154. The molecule has 0 amide bonds. The van der Waals surface area contributed by atoms with E-state index < -0.39 is 0 Å². The Morgan fingerprint density at radius 1 is 1.45 bits per heavy atom. The van der Waals surface area contributed by atoms with E-state index in [9.17, 15) is 0 Å². The molecule has 0 aliphatic rings. The Bertz CT molecular complexity index is 98.1. The van der Waals surface area contributed by atoms with Crippen molar-refractivity contribution in [2.45, 2.75) is 38.7 Å². The van der Waals surface area contributed by atoms with E-state index in [0.717, 1.165) is 6.42 Å². The molecule has 0 spiro atoms. The van der Waals surface area contributed by atoms with Gasteiger partial charge in [-0.25, -0.2) is 0 Å². The van der Waals surface area contributed by atoms with Crippen LogP contribution in [-0.4, -0.2) is 25.8 Å². The third kappa shape index (κ3) is 4.02. The summed E-state index contributed by atoms with van der Waals surface area (Å²) < 4.78 is 5.25. The first kappa shape index (κ1) is 11.3. The van der Waals surface area contributed by atoms with Crippen LogP contribution < -0.4 is 0 Å². The highest BCUT2D eigenvalue weighted by molar-refractivity contribution is 6.20. The van der Waals surface area contributed by atoms with Crippen molar-refractivity contribution >= 4 is 19.4 Å². The Kier molecular flexibility index (Phi) is 6.07. The summed E-state index contributed by atoms with van der Waals surface area (Å²) in [6.07, 6.45) is 1.20. The number of ether oxygens (including phenoxy) is 1. The average molecular weight is 174 g/mol. The molecule has 0 saturated heterocycles. The normalized spacial score (nSPS) is 19.3. The van der Waals surface area contributed by atoms with E-state index in [-0.39, 0.29) is 18.0 Å². The van der Waals surface area contributed by atoms with Crippen LogP contribution in [0.15, 0.2) is 0 Å². The number of halogens is 1. The second-order valence-electron chi connectivity index (χ2n) is 2.79. The molecule has 3 heteroatoms. The minimum Gasteiger partial charge on any atom is -0.388 e. The lowest BCUT2D eigenvalue weighted by molar-refractivity contribution is 0.0518. The summed E-state index contributed by atoms with van der Waals surface area (Å²) in [5, 5.41) is 0.154. The molecule has 0 rings (SSSR count). The Morgan fingerprint density at radius 2 is 2.00 bits per heavy atom. The molecule has 0 aromatic heterocycles. The predicted molar refractivity (Wildman–Crippen MR) is 50.3 cm³/mol. The molecular formula is C8H16BClO. The summed E-state index contributed by atoms with van der Waals surface area (Å²) in [6.45, 7) is 6.40. The van der Waals surface area contributed by atoms with E-state index in [4.69, 9.17) is 24.2 Å². The van der Waals surface area contributed by atoms with Crippen LogP contribution >= 0.6 is 11.6 Å². The molecule has 0 N–H and O–H groups in total. The summed E-state index contributed by atoms with van der Waals surface area (Å²) in [5.74, 6) is 0.403. The SMILES string of the molecule is [B]COC(C)C(CC)C(C)Cl. The van der Waals surface area contributed by atoms with E-state index in [2.05, 4.69) is 6.92 Å². The van der Waals surface area contributed by atoms with Gasteiger partial charge < -0.3 is 4.74 Å². The lowest BCUT2D eigenvalue weighted by atomic mass is 9.97. The summed E-state index contributed by atoms with van der Waals surface area (Å²) in [5.41, 5.74) is 0. The standard InChI is InChI=1S/C8H16BClO/c1-4-8(6(2)10)7(3)11-5-9/h6-8H,4-5H2,1-3H3. The van der Waals surface area contributed by atoms with Crippen LogP contribution in [0.2, 0.25) is 0 Å². The van der Waals surface area contributed by atoms with E-state index >= 15 is 0 Å². The molecule has 0 aliphatic heterocycles. The maximum atomic E-state index is 5.95. The van der Waals surface area contributed by atoms with Crippen LogP contribution in [0.5, 0.6) is 0 Å². The maximum Gasteiger partial charge on any atom is 0.104 e. The summed E-state index contributed by atoms with van der Waals surface area (Å²) in [6, 6.07) is 0. The van der Waals surface area contributed by atoms with Crippen molar-refractivity contribution in [1.82, 2.24) is 0 Å². The molecular weight excluding hydrogens is 158 g/mol. The highest BCUT2D eigenvalue weighted by atomic mass is 35.5. The van der Waals surface area contributed by atoms with Gasteiger partial charge in [0.05, 0.1) is 6.10 Å². The molecule has 64 valence electrons. The van der Waals surface area contributed by atoms with Gasteiger partial charge in [-0.15, -0.1) is 11.6 Å². The van der Waals surface area contributed by atoms with E-state index in [1.54, 1.807) is 0 Å². The Balaban J connectivity index is 3.81. The summed E-state index contributed by atoms with van der Waals surface area (Å²) in [7, 11) is 5.26. The Hall–Kier alpha value is 0.315. The Labute approximate surface area is 75.9 Å². The van der Waals surface area contributed by atoms with Gasteiger partial charge in [0.25, 0.3) is 0 Å². The molecule has 3 unspecified atom stereocenters. The van der Waals surface area contributed by atoms with E-state index in [1.165, 1.54) is 0 Å². The second kappa shape index (κ2) is 5.90. The van der Waals surface area contributed by atoms with Crippen molar-refractivity contribution in [3.63, 3.8) is 0 Å². The monoisotopic (exact) mass is 174 g/mol. The topological polar surface area (TPSA) is 9.23 Å². The van der Waals surface area contributed by atoms with Crippen molar-refractivity contribution in [1.29, 1.82) is 0 Å². The minimum atomic E-state index is 0.154. The van der Waals surface area contributed by atoms with Crippen molar-refractivity contribution in [2.75, 3.05) is 6.51 Å². The molecule has 1 nitrogen and oxygen atoms in total. The molecule has 0 aromatic carbocycles. The quantitative estimate of drug-likeness (QED) is 0.459. The fraction of sp³-hybridized carbons (Fsp3) is 1.00. The summed E-state index contributed by atoms with van der Waals surface area (Å²) in [4.78, 5) is 0. The smallest absolute Gasteiger partial charge is 0.104 e. The first-order valence-electron chi connectivity index (χ1n) is 4.09. The van der Waals surface area contributed by atoms with Crippen LogP contribution in [0.3, 0.4) is 0 Å². The molecule has 3 atom stereocenters. The van der Waals surface area contributed by atoms with Gasteiger partial charge in [-0.2, -0.15) is 0 Å². The largest absolute Gasteiger partial charge is 0.388 e. The molecule has 0 aliphatic carbocycles. The van der Waals surface area contributed by atoms with Crippen LogP contribution in [0.1, 0.15) is 27.2 Å². The maximum absolute atomic E-state index is 5.95. The van der Waals surface area contributed by atoms with Crippen LogP contribution in [-0.2, 0) is 4.74 Å². The van der Waals surface area contributed by atoms with Crippen molar-refractivity contribution in [2.24, 2.45) is 5.92 Å². The molecule has 0 saturated carbocycles. The predicted octanol–water partition coefficient (Wildman–Crippen LogP) is 2.17. The first-order chi connectivity index (χ1) is 5.13. The van der Waals surface area contributed by atoms with Gasteiger partial charge in [0, 0.05) is 17.8 Å². The van der Waals surface area contributed by atoms with Gasteiger partial charge >= 0.3 is 0 Å². The van der Waals surface area contributed by atoms with Gasteiger partial charge in [0.15, 0.2) is 0 Å². The lowest BCUT2D eigenvalue weighted by Gasteiger charge is -2.24. The van der Waals surface area contributed by atoms with Gasteiger partial charge in [-0.1, -0.05) is 6.92 Å². The average Bonchev–Trinajstić information content (AvgIpc) is 1.88. The fourth-order valence-corrected chi connectivity index (χ4v) is 1.69. The zero-order valence-corrected chi connectivity index (χ0v) is 8.27. The number of alkyl halides is 1.